The largest absolute Gasteiger partial charge is 0.482 e. The van der Waals surface area contributed by atoms with Crippen molar-refractivity contribution in [1.82, 2.24) is 0 Å². The smallest absolute Gasteiger partial charge is 0.200 e. The first-order valence-corrected chi connectivity index (χ1v) is 6.98. The monoisotopic (exact) mass is 358 g/mol. The molecule has 0 bridgehead atoms. The molecule has 2 nitrogen and oxygen atoms in total. The second-order valence-electron chi connectivity index (χ2n) is 3.77. The molecule has 0 saturated carbocycles. The fraction of sp³-hybridized carbons (Fsp3) is 0.0714. The second-order valence-corrected chi connectivity index (χ2v) is 5.50. The molecule has 0 aliphatic heterocycles. The summed E-state index contributed by atoms with van der Waals surface area (Å²) in [5.74, 6) is 0.187. The molecule has 0 aliphatic carbocycles. The van der Waals surface area contributed by atoms with Crippen molar-refractivity contribution in [2.75, 3.05) is 6.61 Å². The first kappa shape index (κ1) is 14.4. The van der Waals surface area contributed by atoms with Crippen molar-refractivity contribution in [3.8, 4) is 5.75 Å². The van der Waals surface area contributed by atoms with Crippen LogP contribution in [-0.4, -0.2) is 12.4 Å². The van der Waals surface area contributed by atoms with Crippen molar-refractivity contribution in [2.45, 2.75) is 0 Å². The van der Waals surface area contributed by atoms with E-state index in [-0.39, 0.29) is 12.4 Å². The number of carbonyl (C=O) groups is 1. The third-order valence-electron chi connectivity index (χ3n) is 2.41. The van der Waals surface area contributed by atoms with Crippen molar-refractivity contribution in [3.05, 3.63) is 62.5 Å². The summed E-state index contributed by atoms with van der Waals surface area (Å²) in [6, 6.07) is 12.1. The molecule has 0 aliphatic rings. The minimum atomic E-state index is -0.141. The highest BCUT2D eigenvalue weighted by Gasteiger charge is 2.11. The van der Waals surface area contributed by atoms with Crippen LogP contribution >= 0.6 is 39.1 Å². The van der Waals surface area contributed by atoms with E-state index < -0.39 is 0 Å². The molecule has 0 fully saturated rings. The van der Waals surface area contributed by atoms with Gasteiger partial charge in [0.25, 0.3) is 0 Å². The fourth-order valence-corrected chi connectivity index (χ4v) is 2.41. The van der Waals surface area contributed by atoms with Gasteiger partial charge in [-0.05, 0) is 24.3 Å². The van der Waals surface area contributed by atoms with Gasteiger partial charge in [0.05, 0.1) is 10.0 Å². The molecule has 0 N–H and O–H groups in total. The van der Waals surface area contributed by atoms with Gasteiger partial charge >= 0.3 is 0 Å². The zero-order valence-electron chi connectivity index (χ0n) is 9.70. The van der Waals surface area contributed by atoms with E-state index in [1.165, 1.54) is 0 Å². The third-order valence-corrected chi connectivity index (χ3v) is 3.50. The van der Waals surface area contributed by atoms with Gasteiger partial charge in [-0.1, -0.05) is 57.3 Å². The molecular weight excluding hydrogens is 351 g/mol. The van der Waals surface area contributed by atoms with E-state index in [1.54, 1.807) is 36.4 Å². The van der Waals surface area contributed by atoms with E-state index in [1.807, 2.05) is 6.07 Å². The van der Waals surface area contributed by atoms with Crippen LogP contribution in [0.15, 0.2) is 46.9 Å². The first-order chi connectivity index (χ1) is 9.08. The Morgan fingerprint density at radius 2 is 1.74 bits per heavy atom. The Morgan fingerprint density at radius 3 is 2.37 bits per heavy atom. The zero-order chi connectivity index (χ0) is 13.8. The molecule has 0 radical (unpaired) electrons. The number of para-hydroxylation sites is 1. The summed E-state index contributed by atoms with van der Waals surface area (Å²) in [6.45, 7) is -0.111. The van der Waals surface area contributed by atoms with Crippen LogP contribution in [0.2, 0.25) is 10.0 Å². The number of benzene rings is 2. The zero-order valence-corrected chi connectivity index (χ0v) is 12.8. The Labute approximate surface area is 129 Å². The van der Waals surface area contributed by atoms with E-state index in [4.69, 9.17) is 27.9 Å². The molecule has 0 saturated heterocycles. The minimum absolute atomic E-state index is 0.111. The number of ether oxygens (including phenoxy) is 1. The lowest BCUT2D eigenvalue weighted by Gasteiger charge is -2.09. The average molecular weight is 360 g/mol. The fourth-order valence-electron chi connectivity index (χ4n) is 1.50. The molecule has 2 aromatic carbocycles. The molecule has 0 atom stereocenters. The topological polar surface area (TPSA) is 26.3 Å². The third kappa shape index (κ3) is 3.72. The van der Waals surface area contributed by atoms with Gasteiger partial charge in [0.2, 0.25) is 0 Å². The highest BCUT2D eigenvalue weighted by Crippen LogP contribution is 2.32. The quantitative estimate of drug-likeness (QED) is 0.716. The second kappa shape index (κ2) is 6.42. The molecule has 0 aromatic heterocycles. The summed E-state index contributed by atoms with van der Waals surface area (Å²) in [5.41, 5.74) is 0.567. The van der Waals surface area contributed by atoms with Crippen LogP contribution in [0.3, 0.4) is 0 Å². The SMILES string of the molecule is O=C(COc1c(Cl)cccc1Cl)c1cccc(Br)c1. The van der Waals surface area contributed by atoms with Crippen molar-refractivity contribution in [1.29, 1.82) is 0 Å². The Hall–Kier alpha value is -1.03. The van der Waals surface area contributed by atoms with Gasteiger partial charge < -0.3 is 4.74 Å². The highest BCUT2D eigenvalue weighted by molar-refractivity contribution is 9.10. The lowest BCUT2D eigenvalue weighted by molar-refractivity contribution is 0.0921. The highest BCUT2D eigenvalue weighted by atomic mass is 79.9. The summed E-state index contributed by atoms with van der Waals surface area (Å²) in [7, 11) is 0. The van der Waals surface area contributed by atoms with Crippen molar-refractivity contribution in [2.24, 2.45) is 0 Å². The molecule has 19 heavy (non-hydrogen) atoms. The number of hydrogen-bond donors (Lipinski definition) is 0. The number of ketones is 1. The van der Waals surface area contributed by atoms with Crippen LogP contribution in [0, 0.1) is 0 Å². The standard InChI is InChI=1S/C14H9BrCl2O2/c15-10-4-1-3-9(7-10)13(18)8-19-14-11(16)5-2-6-12(14)17/h1-7H,8H2. The van der Waals surface area contributed by atoms with E-state index in [0.717, 1.165) is 4.47 Å². The number of rotatable bonds is 4. The van der Waals surface area contributed by atoms with Gasteiger partial charge in [-0.3, -0.25) is 4.79 Å². The molecule has 0 amide bonds. The minimum Gasteiger partial charge on any atom is -0.482 e. The van der Waals surface area contributed by atoms with E-state index in [0.29, 0.717) is 21.4 Å². The molecule has 0 spiro atoms. The lowest BCUT2D eigenvalue weighted by Crippen LogP contribution is -2.11. The number of hydrogen-bond acceptors (Lipinski definition) is 2. The number of halogens is 3. The maximum absolute atomic E-state index is 12.0. The Bertz CT molecular complexity index is 594. The molecule has 0 heterocycles. The van der Waals surface area contributed by atoms with Crippen LogP contribution in [0.5, 0.6) is 5.75 Å². The Morgan fingerprint density at radius 1 is 1.11 bits per heavy atom. The van der Waals surface area contributed by atoms with Gasteiger partial charge in [-0.15, -0.1) is 0 Å². The average Bonchev–Trinajstić information content (AvgIpc) is 2.38. The van der Waals surface area contributed by atoms with Crippen LogP contribution < -0.4 is 4.74 Å². The van der Waals surface area contributed by atoms with Gasteiger partial charge in [-0.2, -0.15) is 0 Å². The van der Waals surface area contributed by atoms with Crippen molar-refractivity contribution >= 4 is 44.9 Å². The van der Waals surface area contributed by atoms with Gasteiger partial charge in [0.15, 0.2) is 18.1 Å². The summed E-state index contributed by atoms with van der Waals surface area (Å²) < 4.78 is 6.24. The van der Waals surface area contributed by atoms with E-state index >= 15 is 0 Å². The lowest BCUT2D eigenvalue weighted by atomic mass is 10.1. The number of Topliss-reactive ketones (excluding diaryl/α,β-unsaturated/α-hetero) is 1. The predicted molar refractivity (Wildman–Crippen MR) is 80.4 cm³/mol. The van der Waals surface area contributed by atoms with Gasteiger partial charge in [0.1, 0.15) is 0 Å². The molecule has 2 rings (SSSR count). The van der Waals surface area contributed by atoms with Crippen LogP contribution in [0.25, 0.3) is 0 Å². The summed E-state index contributed by atoms with van der Waals surface area (Å²) in [4.78, 5) is 12.0. The molecule has 5 heteroatoms. The molecular formula is C14H9BrCl2O2. The van der Waals surface area contributed by atoms with Crippen LogP contribution in [0.1, 0.15) is 10.4 Å². The Balaban J connectivity index is 2.09. The van der Waals surface area contributed by atoms with Crippen molar-refractivity contribution < 1.29 is 9.53 Å². The summed E-state index contributed by atoms with van der Waals surface area (Å²) >= 11 is 15.2. The van der Waals surface area contributed by atoms with Crippen LogP contribution in [-0.2, 0) is 0 Å². The van der Waals surface area contributed by atoms with Gasteiger partial charge in [-0.25, -0.2) is 0 Å². The summed E-state index contributed by atoms with van der Waals surface area (Å²) in [6.07, 6.45) is 0. The summed E-state index contributed by atoms with van der Waals surface area (Å²) in [5, 5.41) is 0.768. The normalized spacial score (nSPS) is 10.3. The van der Waals surface area contributed by atoms with Crippen LogP contribution in [0.4, 0.5) is 0 Å². The maximum Gasteiger partial charge on any atom is 0.200 e. The first-order valence-electron chi connectivity index (χ1n) is 5.43. The molecule has 98 valence electrons. The van der Waals surface area contributed by atoms with E-state index in [9.17, 15) is 4.79 Å². The Kier molecular flexibility index (Phi) is 4.86. The van der Waals surface area contributed by atoms with E-state index in [2.05, 4.69) is 15.9 Å². The number of carbonyl (C=O) groups excluding carboxylic acids is 1. The maximum atomic E-state index is 12.0. The predicted octanol–water partition coefficient (Wildman–Crippen LogP) is 5.02. The van der Waals surface area contributed by atoms with Crippen molar-refractivity contribution in [3.63, 3.8) is 0 Å². The molecule has 2 aromatic rings. The van der Waals surface area contributed by atoms with Gasteiger partial charge in [0, 0.05) is 10.0 Å². The molecule has 0 unspecified atom stereocenters.